The van der Waals surface area contributed by atoms with Crippen molar-refractivity contribution in [3.8, 4) is 0 Å². The molecule has 3 rings (SSSR count). The number of fused-ring (bicyclic) bond motifs is 1. The van der Waals surface area contributed by atoms with Gasteiger partial charge in [-0.1, -0.05) is 48.9 Å². The molecule has 0 spiro atoms. The fraction of sp³-hybridized carbons (Fsp3) is 0.190. The van der Waals surface area contributed by atoms with E-state index in [-0.39, 0.29) is 11.4 Å². The summed E-state index contributed by atoms with van der Waals surface area (Å²) in [4.78, 5) is 11.3. The molecular formula is C21H19FO2. The molecule has 24 heavy (non-hydrogen) atoms. The lowest BCUT2D eigenvalue weighted by molar-refractivity contribution is 0.0697. The number of carboxylic acids is 1. The van der Waals surface area contributed by atoms with E-state index in [9.17, 15) is 9.90 Å². The number of carbonyl (C=O) groups is 1. The van der Waals surface area contributed by atoms with E-state index in [1.54, 1.807) is 24.3 Å². The number of halogens is 1. The minimum absolute atomic E-state index is 0.196. The van der Waals surface area contributed by atoms with Gasteiger partial charge in [-0.15, -0.1) is 0 Å². The molecule has 0 heterocycles. The van der Waals surface area contributed by atoms with E-state index < -0.39 is 5.97 Å². The summed E-state index contributed by atoms with van der Waals surface area (Å²) in [5.41, 5.74) is 3.35. The van der Waals surface area contributed by atoms with Crippen molar-refractivity contribution in [2.24, 2.45) is 0 Å². The zero-order valence-corrected chi connectivity index (χ0v) is 13.8. The minimum Gasteiger partial charge on any atom is -0.478 e. The lowest BCUT2D eigenvalue weighted by Crippen LogP contribution is -1.97. The average Bonchev–Trinajstić information content (AvgIpc) is 2.72. The highest BCUT2D eigenvalue weighted by molar-refractivity contribution is 6.01. The SMILES string of the molecule is CCC1=C(F)C(c2cccc3ccc(C(=O)O)cc23)=CC=C(C)C1. The van der Waals surface area contributed by atoms with Gasteiger partial charge in [-0.3, -0.25) is 0 Å². The van der Waals surface area contributed by atoms with Crippen molar-refractivity contribution in [3.63, 3.8) is 0 Å². The molecule has 0 fully saturated rings. The molecule has 2 aromatic carbocycles. The van der Waals surface area contributed by atoms with Crippen molar-refractivity contribution < 1.29 is 14.3 Å². The third kappa shape index (κ3) is 2.90. The van der Waals surface area contributed by atoms with Gasteiger partial charge in [-0.05, 0) is 53.8 Å². The van der Waals surface area contributed by atoms with Crippen LogP contribution in [0, 0.1) is 0 Å². The molecule has 0 atom stereocenters. The van der Waals surface area contributed by atoms with Crippen LogP contribution in [0.2, 0.25) is 0 Å². The topological polar surface area (TPSA) is 37.3 Å². The van der Waals surface area contributed by atoms with Crippen LogP contribution in [-0.2, 0) is 0 Å². The Labute approximate surface area is 140 Å². The molecule has 0 aliphatic heterocycles. The van der Waals surface area contributed by atoms with Gasteiger partial charge in [-0.2, -0.15) is 0 Å². The van der Waals surface area contributed by atoms with Gasteiger partial charge in [0.25, 0.3) is 0 Å². The van der Waals surface area contributed by atoms with Crippen molar-refractivity contribution in [3.05, 3.63) is 76.7 Å². The van der Waals surface area contributed by atoms with Crippen LogP contribution in [0.15, 0.2) is 65.5 Å². The Bertz CT molecular complexity index is 917. The Kier molecular flexibility index (Phi) is 4.34. The normalized spacial score (nSPS) is 15.1. The zero-order chi connectivity index (χ0) is 17.3. The summed E-state index contributed by atoms with van der Waals surface area (Å²) in [5.74, 6) is -1.18. The summed E-state index contributed by atoms with van der Waals surface area (Å²) in [5, 5.41) is 10.9. The van der Waals surface area contributed by atoms with Gasteiger partial charge in [0.05, 0.1) is 5.56 Å². The first-order chi connectivity index (χ1) is 11.5. The number of benzene rings is 2. The van der Waals surface area contributed by atoms with E-state index in [1.165, 1.54) is 0 Å². The van der Waals surface area contributed by atoms with Crippen LogP contribution < -0.4 is 0 Å². The summed E-state index contributed by atoms with van der Waals surface area (Å²) < 4.78 is 15.1. The lowest BCUT2D eigenvalue weighted by Gasteiger charge is -2.12. The maximum Gasteiger partial charge on any atom is 0.335 e. The Morgan fingerprint density at radius 2 is 2.00 bits per heavy atom. The number of carboxylic acid groups (broad SMARTS) is 1. The van der Waals surface area contributed by atoms with E-state index in [0.29, 0.717) is 18.4 Å². The molecule has 1 aliphatic carbocycles. The Hall–Kier alpha value is -2.68. The number of rotatable bonds is 3. The first kappa shape index (κ1) is 16.2. The van der Waals surface area contributed by atoms with Crippen LogP contribution in [0.1, 0.15) is 42.6 Å². The molecular weight excluding hydrogens is 303 g/mol. The minimum atomic E-state index is -0.984. The van der Waals surface area contributed by atoms with Crippen molar-refractivity contribution in [2.45, 2.75) is 26.7 Å². The number of aromatic carboxylic acids is 1. The molecule has 2 aromatic rings. The van der Waals surface area contributed by atoms with E-state index in [2.05, 4.69) is 0 Å². The third-order valence-corrected chi connectivity index (χ3v) is 4.42. The summed E-state index contributed by atoms with van der Waals surface area (Å²) in [7, 11) is 0. The fourth-order valence-corrected chi connectivity index (χ4v) is 3.09. The first-order valence-corrected chi connectivity index (χ1v) is 8.03. The van der Waals surface area contributed by atoms with Gasteiger partial charge < -0.3 is 5.11 Å². The van der Waals surface area contributed by atoms with Crippen LogP contribution in [0.3, 0.4) is 0 Å². The van der Waals surface area contributed by atoms with Gasteiger partial charge in [-0.25, -0.2) is 9.18 Å². The van der Waals surface area contributed by atoms with Crippen molar-refractivity contribution in [2.75, 3.05) is 0 Å². The molecule has 2 nitrogen and oxygen atoms in total. The van der Waals surface area contributed by atoms with Crippen molar-refractivity contribution >= 4 is 22.3 Å². The molecule has 0 radical (unpaired) electrons. The number of hydrogen-bond donors (Lipinski definition) is 1. The molecule has 0 unspecified atom stereocenters. The third-order valence-electron chi connectivity index (χ3n) is 4.42. The van der Waals surface area contributed by atoms with Gasteiger partial charge in [0.2, 0.25) is 0 Å². The summed E-state index contributed by atoms with van der Waals surface area (Å²) in [6, 6.07) is 10.6. The number of allylic oxidation sites excluding steroid dienone is 6. The predicted molar refractivity (Wildman–Crippen MR) is 95.7 cm³/mol. The molecule has 0 bridgehead atoms. The van der Waals surface area contributed by atoms with E-state index in [1.807, 2.05) is 38.1 Å². The standard InChI is InChI=1S/C21H19FO2/c1-3-14-11-13(2)7-10-18(20(14)22)17-6-4-5-15-8-9-16(21(23)24)12-19(15)17/h4-10,12H,3,11H2,1-2H3,(H,23,24). The summed E-state index contributed by atoms with van der Waals surface area (Å²) in [6.45, 7) is 3.95. The highest BCUT2D eigenvalue weighted by atomic mass is 19.1. The number of hydrogen-bond acceptors (Lipinski definition) is 1. The Morgan fingerprint density at radius 1 is 1.21 bits per heavy atom. The molecule has 122 valence electrons. The second-order valence-electron chi connectivity index (χ2n) is 6.09. The second kappa shape index (κ2) is 6.44. The largest absolute Gasteiger partial charge is 0.478 e. The van der Waals surface area contributed by atoms with Gasteiger partial charge in [0.15, 0.2) is 0 Å². The van der Waals surface area contributed by atoms with E-state index in [0.717, 1.165) is 27.5 Å². The molecule has 0 saturated heterocycles. The summed E-state index contributed by atoms with van der Waals surface area (Å²) >= 11 is 0. The molecule has 0 amide bonds. The van der Waals surface area contributed by atoms with Crippen molar-refractivity contribution in [1.29, 1.82) is 0 Å². The van der Waals surface area contributed by atoms with Gasteiger partial charge >= 0.3 is 5.97 Å². The quantitative estimate of drug-likeness (QED) is 0.763. The Morgan fingerprint density at radius 3 is 2.71 bits per heavy atom. The molecule has 0 aromatic heterocycles. The van der Waals surface area contributed by atoms with Gasteiger partial charge in [0.1, 0.15) is 5.83 Å². The monoisotopic (exact) mass is 322 g/mol. The van der Waals surface area contributed by atoms with Gasteiger partial charge in [0, 0.05) is 5.57 Å². The van der Waals surface area contributed by atoms with Crippen LogP contribution in [0.25, 0.3) is 16.3 Å². The van der Waals surface area contributed by atoms with E-state index in [4.69, 9.17) is 0 Å². The average molecular weight is 322 g/mol. The molecule has 1 aliphatic rings. The fourth-order valence-electron chi connectivity index (χ4n) is 3.09. The Balaban J connectivity index is 2.28. The smallest absolute Gasteiger partial charge is 0.335 e. The van der Waals surface area contributed by atoms with Crippen LogP contribution in [0.4, 0.5) is 4.39 Å². The van der Waals surface area contributed by atoms with Crippen molar-refractivity contribution in [1.82, 2.24) is 0 Å². The van der Waals surface area contributed by atoms with E-state index >= 15 is 4.39 Å². The maximum atomic E-state index is 15.1. The maximum absolute atomic E-state index is 15.1. The first-order valence-electron chi connectivity index (χ1n) is 8.03. The van der Waals surface area contributed by atoms with Crippen LogP contribution in [0.5, 0.6) is 0 Å². The molecule has 1 N–H and O–H groups in total. The zero-order valence-electron chi connectivity index (χ0n) is 13.8. The molecule has 3 heteroatoms. The molecule has 0 saturated carbocycles. The predicted octanol–water partition coefficient (Wildman–Crippen LogP) is 5.91. The lowest BCUT2D eigenvalue weighted by atomic mass is 9.94. The highest BCUT2D eigenvalue weighted by Crippen LogP contribution is 2.36. The highest BCUT2D eigenvalue weighted by Gasteiger charge is 2.17. The second-order valence-corrected chi connectivity index (χ2v) is 6.09. The van der Waals surface area contributed by atoms with Crippen LogP contribution >= 0.6 is 0 Å². The summed E-state index contributed by atoms with van der Waals surface area (Å²) in [6.07, 6.45) is 5.03. The van der Waals surface area contributed by atoms with Crippen LogP contribution in [-0.4, -0.2) is 11.1 Å².